The number of anilines is 1. The highest BCUT2D eigenvalue weighted by atomic mass is 32.2. The van der Waals surface area contributed by atoms with Crippen molar-refractivity contribution in [2.75, 3.05) is 24.2 Å². The molecule has 0 amide bonds. The highest BCUT2D eigenvalue weighted by Crippen LogP contribution is 2.29. The zero-order valence-corrected chi connectivity index (χ0v) is 20.0. The summed E-state index contributed by atoms with van der Waals surface area (Å²) in [5, 5.41) is 4.12. The van der Waals surface area contributed by atoms with Crippen LogP contribution in [0, 0.1) is 5.92 Å². The summed E-state index contributed by atoms with van der Waals surface area (Å²) in [6.07, 6.45) is 5.24. The van der Waals surface area contributed by atoms with Gasteiger partial charge in [0.05, 0.1) is 10.6 Å². The predicted molar refractivity (Wildman–Crippen MR) is 126 cm³/mol. The number of benzene rings is 1. The van der Waals surface area contributed by atoms with Gasteiger partial charge >= 0.3 is 0 Å². The lowest BCUT2D eigenvalue weighted by atomic mass is 9.91. The maximum Gasteiger partial charge on any atom is 0.266 e. The Morgan fingerprint density at radius 3 is 2.52 bits per heavy atom. The Labute approximate surface area is 194 Å². The molecule has 3 aromatic rings. The predicted octanol–water partition coefficient (Wildman–Crippen LogP) is 4.11. The topological polar surface area (TPSA) is 98.4 Å². The van der Waals surface area contributed by atoms with Crippen molar-refractivity contribution in [3.8, 4) is 5.75 Å². The van der Waals surface area contributed by atoms with E-state index in [0.717, 1.165) is 17.8 Å². The van der Waals surface area contributed by atoms with Gasteiger partial charge in [0, 0.05) is 31.5 Å². The van der Waals surface area contributed by atoms with Gasteiger partial charge in [-0.2, -0.15) is 4.98 Å². The summed E-state index contributed by atoms with van der Waals surface area (Å²) in [6, 6.07) is 10.4. The molecule has 8 nitrogen and oxygen atoms in total. The highest BCUT2D eigenvalue weighted by Gasteiger charge is 2.24. The number of hydrogen-bond acceptors (Lipinski definition) is 8. The molecule has 0 N–H and O–H groups in total. The lowest BCUT2D eigenvalue weighted by Crippen LogP contribution is -2.34. The Morgan fingerprint density at radius 2 is 1.94 bits per heavy atom. The summed E-state index contributed by atoms with van der Waals surface area (Å²) in [5.41, 5.74) is 3.12. The van der Waals surface area contributed by atoms with Crippen LogP contribution in [0.25, 0.3) is 5.57 Å². The first-order valence-corrected chi connectivity index (χ1v) is 12.8. The van der Waals surface area contributed by atoms with Crippen molar-refractivity contribution in [1.29, 1.82) is 0 Å². The molecular weight excluding hydrogens is 440 g/mol. The maximum absolute atomic E-state index is 11.6. The second-order valence-electron chi connectivity index (χ2n) is 8.62. The normalized spacial score (nSPS) is 16.7. The molecule has 1 aliphatic heterocycles. The van der Waals surface area contributed by atoms with Crippen LogP contribution < -0.4 is 9.64 Å². The molecule has 3 heterocycles. The maximum atomic E-state index is 11.6. The summed E-state index contributed by atoms with van der Waals surface area (Å²) < 4.78 is 34.2. The second-order valence-corrected chi connectivity index (χ2v) is 10.6. The monoisotopic (exact) mass is 468 g/mol. The Hall–Kier alpha value is -3.20. The van der Waals surface area contributed by atoms with E-state index in [2.05, 4.69) is 39.1 Å². The molecule has 4 rings (SSSR count). The zero-order chi connectivity index (χ0) is 23.6. The third kappa shape index (κ3) is 5.42. The third-order valence-electron chi connectivity index (χ3n) is 5.56. The minimum absolute atomic E-state index is 0.208. The number of sulfone groups is 1. The van der Waals surface area contributed by atoms with Gasteiger partial charge in [0.15, 0.2) is 9.84 Å². The lowest BCUT2D eigenvalue weighted by molar-refractivity contribution is 0.301. The molecule has 9 heteroatoms. The van der Waals surface area contributed by atoms with Crippen LogP contribution in [0.3, 0.4) is 0 Å². The summed E-state index contributed by atoms with van der Waals surface area (Å²) >= 11 is 0. The van der Waals surface area contributed by atoms with E-state index in [1.165, 1.54) is 11.8 Å². The summed E-state index contributed by atoms with van der Waals surface area (Å²) in [7, 11) is -3.22. The molecule has 1 aromatic carbocycles. The number of ether oxygens (including phenoxy) is 1. The first-order chi connectivity index (χ1) is 15.7. The first-order valence-electron chi connectivity index (χ1n) is 10.9. The number of hydrogen-bond donors (Lipinski definition) is 0. The van der Waals surface area contributed by atoms with E-state index in [1.807, 2.05) is 26.1 Å². The van der Waals surface area contributed by atoms with Crippen LogP contribution in [0.2, 0.25) is 0 Å². The summed E-state index contributed by atoms with van der Waals surface area (Å²) in [5.74, 6) is 2.38. The molecule has 174 valence electrons. The zero-order valence-electron chi connectivity index (χ0n) is 19.2. The van der Waals surface area contributed by atoms with Crippen molar-refractivity contribution in [2.24, 2.45) is 5.92 Å². The van der Waals surface area contributed by atoms with E-state index in [4.69, 9.17) is 9.26 Å². The van der Waals surface area contributed by atoms with Crippen LogP contribution in [0.4, 0.5) is 5.95 Å². The summed E-state index contributed by atoms with van der Waals surface area (Å²) in [4.78, 5) is 11.4. The fourth-order valence-electron chi connectivity index (χ4n) is 3.69. The molecule has 1 atom stereocenters. The fraction of sp³-hybridized carbons (Fsp3) is 0.375. The van der Waals surface area contributed by atoms with E-state index in [0.29, 0.717) is 30.7 Å². The smallest absolute Gasteiger partial charge is 0.266 e. The second kappa shape index (κ2) is 9.35. The van der Waals surface area contributed by atoms with Crippen LogP contribution in [-0.4, -0.2) is 42.9 Å². The third-order valence-corrected chi connectivity index (χ3v) is 6.69. The Kier molecular flexibility index (Phi) is 6.51. The van der Waals surface area contributed by atoms with Gasteiger partial charge in [-0.1, -0.05) is 32.9 Å². The molecule has 0 bridgehead atoms. The van der Waals surface area contributed by atoms with E-state index in [9.17, 15) is 8.42 Å². The van der Waals surface area contributed by atoms with Gasteiger partial charge in [0.25, 0.3) is 5.95 Å². The number of aromatic nitrogens is 3. The Balaban J connectivity index is 1.38. The molecular formula is C24H28N4O4S. The van der Waals surface area contributed by atoms with Crippen LogP contribution in [0.5, 0.6) is 5.75 Å². The number of nitrogens with zero attached hydrogens (tertiary/aromatic N) is 4. The molecule has 1 aliphatic rings. The largest absolute Gasteiger partial charge is 0.487 e. The van der Waals surface area contributed by atoms with Gasteiger partial charge in [0.2, 0.25) is 5.89 Å². The minimum Gasteiger partial charge on any atom is -0.487 e. The average Bonchev–Trinajstić information content (AvgIpc) is 3.29. The Bertz CT molecular complexity index is 1230. The van der Waals surface area contributed by atoms with E-state index < -0.39 is 9.84 Å². The minimum atomic E-state index is -3.22. The van der Waals surface area contributed by atoms with Gasteiger partial charge in [-0.05, 0) is 52.5 Å². The quantitative estimate of drug-likeness (QED) is 0.511. The van der Waals surface area contributed by atoms with Crippen molar-refractivity contribution in [1.82, 2.24) is 15.1 Å². The van der Waals surface area contributed by atoms with Crippen LogP contribution in [0.15, 0.2) is 58.1 Å². The number of pyridine rings is 1. The molecule has 2 aromatic heterocycles. The molecule has 33 heavy (non-hydrogen) atoms. The van der Waals surface area contributed by atoms with Crippen molar-refractivity contribution in [3.05, 3.63) is 65.8 Å². The van der Waals surface area contributed by atoms with Crippen molar-refractivity contribution < 1.29 is 17.7 Å². The summed E-state index contributed by atoms with van der Waals surface area (Å²) in [6.45, 7) is 8.06. The molecule has 0 aliphatic carbocycles. The van der Waals surface area contributed by atoms with Crippen molar-refractivity contribution in [2.45, 2.75) is 38.2 Å². The number of rotatable bonds is 7. The van der Waals surface area contributed by atoms with Crippen LogP contribution >= 0.6 is 0 Å². The highest BCUT2D eigenvalue weighted by molar-refractivity contribution is 7.90. The van der Waals surface area contributed by atoms with E-state index in [-0.39, 0.29) is 16.7 Å². The molecule has 1 unspecified atom stereocenters. The van der Waals surface area contributed by atoms with Crippen molar-refractivity contribution >= 4 is 21.4 Å². The SMILES string of the molecule is CC1CN(c2noc(C(C)C)n2)CC=C1c1ccc(COc2ccc(S(C)(=O)=O)cc2)nc1. The van der Waals surface area contributed by atoms with Gasteiger partial charge in [-0.25, -0.2) is 8.42 Å². The van der Waals surface area contributed by atoms with Gasteiger partial charge < -0.3 is 14.2 Å². The van der Waals surface area contributed by atoms with Crippen LogP contribution in [-0.2, 0) is 16.4 Å². The molecule has 0 saturated carbocycles. The molecule has 0 saturated heterocycles. The van der Waals surface area contributed by atoms with Gasteiger partial charge in [0.1, 0.15) is 12.4 Å². The molecule has 0 spiro atoms. The fourth-order valence-corrected chi connectivity index (χ4v) is 4.32. The first kappa shape index (κ1) is 23.0. The van der Waals surface area contributed by atoms with Gasteiger partial charge in [-0.3, -0.25) is 4.98 Å². The standard InChI is InChI=1S/C24H28N4O4S/c1-16(2)23-26-24(27-32-23)28-12-11-22(17(3)14-28)18-5-6-19(25-13-18)15-31-20-7-9-21(10-8-20)33(4,29)30/h5-11,13,16-17H,12,14-15H2,1-4H3. The van der Waals surface area contributed by atoms with Gasteiger partial charge in [-0.15, -0.1) is 0 Å². The van der Waals surface area contributed by atoms with E-state index in [1.54, 1.807) is 24.3 Å². The van der Waals surface area contributed by atoms with E-state index >= 15 is 0 Å². The Morgan fingerprint density at radius 1 is 1.18 bits per heavy atom. The molecule has 0 fully saturated rings. The average molecular weight is 469 g/mol. The van der Waals surface area contributed by atoms with Crippen LogP contribution in [0.1, 0.15) is 43.8 Å². The van der Waals surface area contributed by atoms with Crippen molar-refractivity contribution in [3.63, 3.8) is 0 Å². The lowest BCUT2D eigenvalue weighted by Gasteiger charge is -2.30. The molecule has 0 radical (unpaired) electrons.